The molecule has 0 saturated carbocycles. The highest BCUT2D eigenvalue weighted by molar-refractivity contribution is 5.93. The van der Waals surface area contributed by atoms with Crippen molar-refractivity contribution in [2.75, 3.05) is 6.54 Å². The molecule has 0 spiro atoms. The summed E-state index contributed by atoms with van der Waals surface area (Å²) < 4.78 is 0. The van der Waals surface area contributed by atoms with Crippen molar-refractivity contribution in [3.8, 4) is 0 Å². The molecular weight excluding hydrogens is 346 g/mol. The Labute approximate surface area is 151 Å². The second kappa shape index (κ2) is 11.0. The average Bonchev–Trinajstić information content (AvgIpc) is 2.55. The number of aliphatic carboxylic acids is 1. The maximum atomic E-state index is 11.9. The zero-order valence-electron chi connectivity index (χ0n) is 15.1. The fourth-order valence-corrected chi connectivity index (χ4v) is 1.92. The maximum Gasteiger partial charge on any atom is 0.326 e. The summed E-state index contributed by atoms with van der Waals surface area (Å²) in [6, 6.07) is -3.26. The second-order valence-electron chi connectivity index (χ2n) is 5.99. The predicted octanol–water partition coefficient (Wildman–Crippen LogP) is -2.57. The first kappa shape index (κ1) is 23.3. The van der Waals surface area contributed by atoms with Crippen molar-refractivity contribution < 1.29 is 29.1 Å². The fraction of sp³-hybridized carbons (Fsp3) is 0.667. The molecule has 11 heteroatoms. The van der Waals surface area contributed by atoms with E-state index < -0.39 is 54.3 Å². The van der Waals surface area contributed by atoms with Gasteiger partial charge in [-0.25, -0.2) is 4.79 Å². The molecule has 0 aliphatic carbocycles. The van der Waals surface area contributed by atoms with Gasteiger partial charge in [-0.1, -0.05) is 20.3 Å². The first-order valence-corrected chi connectivity index (χ1v) is 8.13. The van der Waals surface area contributed by atoms with Gasteiger partial charge in [-0.3, -0.25) is 19.2 Å². The summed E-state index contributed by atoms with van der Waals surface area (Å²) in [6.07, 6.45) is 0.187. The lowest BCUT2D eigenvalue weighted by Gasteiger charge is -2.21. The molecule has 0 rings (SSSR count). The molecule has 0 aromatic carbocycles. The quantitative estimate of drug-likeness (QED) is 0.229. The van der Waals surface area contributed by atoms with Gasteiger partial charge in [-0.05, 0) is 12.8 Å². The molecule has 0 aliphatic heterocycles. The third-order valence-electron chi connectivity index (χ3n) is 3.73. The lowest BCUT2D eigenvalue weighted by atomic mass is 9.99. The van der Waals surface area contributed by atoms with Gasteiger partial charge in [-0.2, -0.15) is 0 Å². The van der Waals surface area contributed by atoms with Crippen molar-refractivity contribution in [2.45, 2.75) is 51.7 Å². The molecule has 0 saturated heterocycles. The molecule has 11 nitrogen and oxygen atoms in total. The second-order valence-corrected chi connectivity index (χ2v) is 5.99. The van der Waals surface area contributed by atoms with Gasteiger partial charge in [0.05, 0.1) is 19.0 Å². The van der Waals surface area contributed by atoms with Crippen LogP contribution in [0.15, 0.2) is 0 Å². The Hall–Kier alpha value is -2.69. The van der Waals surface area contributed by atoms with Gasteiger partial charge in [0, 0.05) is 0 Å². The van der Waals surface area contributed by atoms with Crippen LogP contribution in [0.4, 0.5) is 0 Å². The summed E-state index contributed by atoms with van der Waals surface area (Å²) in [5, 5.41) is 16.0. The highest BCUT2D eigenvalue weighted by atomic mass is 16.4. The number of carbonyl (C=O) groups is 5. The largest absolute Gasteiger partial charge is 0.480 e. The summed E-state index contributed by atoms with van der Waals surface area (Å²) in [4.78, 5) is 57.2. The van der Waals surface area contributed by atoms with E-state index in [9.17, 15) is 24.0 Å². The van der Waals surface area contributed by atoms with Crippen LogP contribution in [0, 0.1) is 5.92 Å². The molecule has 0 heterocycles. The SMILES string of the molecule is CCC(C)C(NC(=O)CNC(=O)C(C)NC(=O)C(N)CC(N)=O)C(=O)O. The van der Waals surface area contributed by atoms with Crippen LogP contribution in [0.25, 0.3) is 0 Å². The molecule has 148 valence electrons. The number of carboxylic acid groups (broad SMARTS) is 1. The van der Waals surface area contributed by atoms with Crippen LogP contribution >= 0.6 is 0 Å². The monoisotopic (exact) mass is 373 g/mol. The minimum absolute atomic E-state index is 0.280. The van der Waals surface area contributed by atoms with Crippen molar-refractivity contribution >= 4 is 29.6 Å². The Kier molecular flexibility index (Phi) is 9.89. The van der Waals surface area contributed by atoms with Crippen LogP contribution in [0.2, 0.25) is 0 Å². The summed E-state index contributed by atoms with van der Waals surface area (Å²) >= 11 is 0. The topological polar surface area (TPSA) is 194 Å². The molecule has 4 atom stereocenters. The molecule has 26 heavy (non-hydrogen) atoms. The highest BCUT2D eigenvalue weighted by Gasteiger charge is 2.26. The molecule has 8 N–H and O–H groups in total. The number of rotatable bonds is 11. The van der Waals surface area contributed by atoms with Crippen molar-refractivity contribution in [1.82, 2.24) is 16.0 Å². The van der Waals surface area contributed by atoms with E-state index in [1.807, 2.05) is 0 Å². The molecule has 0 radical (unpaired) electrons. The molecule has 0 aliphatic rings. The van der Waals surface area contributed by atoms with Crippen molar-refractivity contribution in [3.63, 3.8) is 0 Å². The Morgan fingerprint density at radius 3 is 2.08 bits per heavy atom. The summed E-state index contributed by atoms with van der Waals surface area (Å²) in [5.74, 6) is -4.28. The Bertz CT molecular complexity index is 553. The third kappa shape index (κ3) is 8.42. The first-order chi connectivity index (χ1) is 12.0. The summed E-state index contributed by atoms with van der Waals surface area (Å²) in [7, 11) is 0. The van der Waals surface area contributed by atoms with Crippen LogP contribution in [0.3, 0.4) is 0 Å². The highest BCUT2D eigenvalue weighted by Crippen LogP contribution is 2.07. The summed E-state index contributed by atoms with van der Waals surface area (Å²) in [5.41, 5.74) is 10.4. The van der Waals surface area contributed by atoms with Crippen LogP contribution < -0.4 is 27.4 Å². The van der Waals surface area contributed by atoms with Crippen molar-refractivity contribution in [2.24, 2.45) is 17.4 Å². The number of amides is 4. The Balaban J connectivity index is 4.46. The molecule has 0 bridgehead atoms. The van der Waals surface area contributed by atoms with Crippen molar-refractivity contribution in [1.29, 1.82) is 0 Å². The molecule has 0 aromatic heterocycles. The van der Waals surface area contributed by atoms with Gasteiger partial charge in [0.1, 0.15) is 12.1 Å². The number of hydrogen-bond acceptors (Lipinski definition) is 6. The van der Waals surface area contributed by atoms with Crippen LogP contribution in [0.5, 0.6) is 0 Å². The molecule has 4 unspecified atom stereocenters. The molecule has 0 fully saturated rings. The van der Waals surface area contributed by atoms with E-state index >= 15 is 0 Å². The minimum atomic E-state index is -1.18. The number of carboxylic acids is 1. The van der Waals surface area contributed by atoms with E-state index in [2.05, 4.69) is 16.0 Å². The molecular formula is C15H27N5O6. The van der Waals surface area contributed by atoms with E-state index in [-0.39, 0.29) is 12.3 Å². The van der Waals surface area contributed by atoms with Gasteiger partial charge in [-0.15, -0.1) is 0 Å². The normalized spacial score (nSPS) is 15.1. The van der Waals surface area contributed by atoms with E-state index in [1.54, 1.807) is 13.8 Å². The average molecular weight is 373 g/mol. The standard InChI is InChI=1S/C15H27N5O6/c1-4-7(2)12(15(25)26)20-11(22)6-18-13(23)8(3)19-14(24)9(16)5-10(17)21/h7-9,12H,4-6,16H2,1-3H3,(H2,17,21)(H,18,23)(H,19,24)(H,20,22)(H,25,26). The van der Waals surface area contributed by atoms with Gasteiger partial charge in [0.2, 0.25) is 23.6 Å². The number of primary amides is 1. The van der Waals surface area contributed by atoms with Gasteiger partial charge in [0.25, 0.3) is 0 Å². The van der Waals surface area contributed by atoms with Gasteiger partial charge >= 0.3 is 5.97 Å². The maximum absolute atomic E-state index is 11.9. The first-order valence-electron chi connectivity index (χ1n) is 8.13. The zero-order valence-corrected chi connectivity index (χ0v) is 15.1. The summed E-state index contributed by atoms with van der Waals surface area (Å²) in [6.45, 7) is 4.39. The van der Waals surface area contributed by atoms with E-state index in [0.29, 0.717) is 6.42 Å². The van der Waals surface area contributed by atoms with Crippen LogP contribution in [-0.2, 0) is 24.0 Å². The number of nitrogens with one attached hydrogen (secondary N) is 3. The Morgan fingerprint density at radius 1 is 1.04 bits per heavy atom. The zero-order chi connectivity index (χ0) is 20.4. The minimum Gasteiger partial charge on any atom is -0.480 e. The van der Waals surface area contributed by atoms with Crippen molar-refractivity contribution in [3.05, 3.63) is 0 Å². The smallest absolute Gasteiger partial charge is 0.326 e. The third-order valence-corrected chi connectivity index (χ3v) is 3.73. The van der Waals surface area contributed by atoms with E-state index in [1.165, 1.54) is 6.92 Å². The predicted molar refractivity (Wildman–Crippen MR) is 91.4 cm³/mol. The van der Waals surface area contributed by atoms with Gasteiger partial charge < -0.3 is 32.5 Å². The lowest BCUT2D eigenvalue weighted by molar-refractivity contribution is -0.143. The van der Waals surface area contributed by atoms with E-state index in [0.717, 1.165) is 0 Å². The lowest BCUT2D eigenvalue weighted by Crippen LogP contribution is -2.53. The van der Waals surface area contributed by atoms with Gasteiger partial charge in [0.15, 0.2) is 0 Å². The molecule has 0 aromatic rings. The van der Waals surface area contributed by atoms with Crippen LogP contribution in [-0.4, -0.2) is 59.4 Å². The number of hydrogen-bond donors (Lipinski definition) is 6. The van der Waals surface area contributed by atoms with Crippen LogP contribution in [0.1, 0.15) is 33.6 Å². The van der Waals surface area contributed by atoms with E-state index in [4.69, 9.17) is 16.6 Å². The number of nitrogens with two attached hydrogens (primary N) is 2. The Morgan fingerprint density at radius 2 is 1.62 bits per heavy atom. The fourth-order valence-electron chi connectivity index (χ4n) is 1.92. The molecule has 4 amide bonds. The number of carbonyl (C=O) groups excluding carboxylic acids is 4.